The van der Waals surface area contributed by atoms with Crippen LogP contribution in [0, 0.1) is 0 Å². The highest BCUT2D eigenvalue weighted by Crippen LogP contribution is 2.19. The smallest absolute Gasteiger partial charge is 0.220 e. The molecule has 1 unspecified atom stereocenters. The molecule has 1 fully saturated rings. The Morgan fingerprint density at radius 3 is 3.06 bits per heavy atom. The van der Waals surface area contributed by atoms with Crippen LogP contribution in [0.3, 0.4) is 0 Å². The fraction of sp³-hybridized carbons (Fsp3) is 0.800. The van der Waals surface area contributed by atoms with Crippen molar-refractivity contribution in [1.82, 2.24) is 10.6 Å². The van der Waals surface area contributed by atoms with E-state index in [1.54, 1.807) is 0 Å². The molecule has 0 aromatic rings. The van der Waals surface area contributed by atoms with Crippen molar-refractivity contribution >= 4 is 5.91 Å². The summed E-state index contributed by atoms with van der Waals surface area (Å²) < 4.78 is 0. The monoisotopic (exact) mass is 250 g/mol. The standard InChI is InChI=1S/C15H26N2O/c18-15(9-8-14-7-3-4-11-16-14)17-12-10-13-5-1-2-6-13/h5,14,16H,1-4,6-12H2,(H,17,18). The highest BCUT2D eigenvalue weighted by atomic mass is 16.1. The number of piperidine rings is 1. The first-order valence-corrected chi connectivity index (χ1v) is 7.52. The lowest BCUT2D eigenvalue weighted by atomic mass is 10.0. The van der Waals surface area contributed by atoms with Gasteiger partial charge >= 0.3 is 0 Å². The number of carbonyl (C=O) groups excluding carboxylic acids is 1. The highest BCUT2D eigenvalue weighted by Gasteiger charge is 2.13. The Hall–Kier alpha value is -0.830. The Kier molecular flexibility index (Phi) is 5.72. The molecule has 0 radical (unpaired) electrons. The van der Waals surface area contributed by atoms with E-state index in [4.69, 9.17) is 0 Å². The normalized spacial score (nSPS) is 23.8. The van der Waals surface area contributed by atoms with Crippen molar-refractivity contribution in [2.24, 2.45) is 0 Å². The van der Waals surface area contributed by atoms with Crippen LogP contribution in [-0.2, 0) is 4.79 Å². The molecule has 2 N–H and O–H groups in total. The number of hydrogen-bond donors (Lipinski definition) is 2. The number of rotatable bonds is 6. The van der Waals surface area contributed by atoms with Crippen molar-refractivity contribution in [2.75, 3.05) is 13.1 Å². The van der Waals surface area contributed by atoms with Crippen molar-refractivity contribution in [3.63, 3.8) is 0 Å². The van der Waals surface area contributed by atoms with E-state index in [0.29, 0.717) is 12.5 Å². The van der Waals surface area contributed by atoms with Crippen molar-refractivity contribution in [3.05, 3.63) is 11.6 Å². The van der Waals surface area contributed by atoms with Crippen LogP contribution in [0.2, 0.25) is 0 Å². The maximum Gasteiger partial charge on any atom is 0.220 e. The molecule has 1 atom stereocenters. The van der Waals surface area contributed by atoms with Crippen LogP contribution in [0.1, 0.15) is 57.8 Å². The predicted octanol–water partition coefficient (Wildman–Crippen LogP) is 2.53. The van der Waals surface area contributed by atoms with E-state index in [0.717, 1.165) is 25.9 Å². The lowest BCUT2D eigenvalue weighted by molar-refractivity contribution is -0.121. The molecular formula is C15H26N2O. The zero-order chi connectivity index (χ0) is 12.6. The summed E-state index contributed by atoms with van der Waals surface area (Å²) in [7, 11) is 0. The van der Waals surface area contributed by atoms with Gasteiger partial charge in [-0.25, -0.2) is 0 Å². The van der Waals surface area contributed by atoms with Crippen LogP contribution < -0.4 is 10.6 Å². The number of carbonyl (C=O) groups is 1. The lowest BCUT2D eigenvalue weighted by Gasteiger charge is -2.23. The van der Waals surface area contributed by atoms with Crippen LogP contribution >= 0.6 is 0 Å². The number of nitrogens with one attached hydrogen (secondary N) is 2. The summed E-state index contributed by atoms with van der Waals surface area (Å²) in [5.41, 5.74) is 1.53. The fourth-order valence-corrected chi connectivity index (χ4v) is 2.89. The average Bonchev–Trinajstić information content (AvgIpc) is 2.91. The van der Waals surface area contributed by atoms with Gasteiger partial charge < -0.3 is 10.6 Å². The van der Waals surface area contributed by atoms with E-state index in [2.05, 4.69) is 16.7 Å². The Balaban J connectivity index is 1.51. The van der Waals surface area contributed by atoms with Crippen molar-refractivity contribution in [3.8, 4) is 0 Å². The van der Waals surface area contributed by atoms with Gasteiger partial charge in [0, 0.05) is 19.0 Å². The van der Waals surface area contributed by atoms with Crippen LogP contribution in [0.25, 0.3) is 0 Å². The third-order valence-corrected chi connectivity index (χ3v) is 4.04. The lowest BCUT2D eigenvalue weighted by Crippen LogP contribution is -2.35. The SMILES string of the molecule is O=C(CCC1CCCCN1)NCCC1=CCCC1. The first-order valence-electron chi connectivity index (χ1n) is 7.52. The average molecular weight is 250 g/mol. The Bertz CT molecular complexity index is 293. The van der Waals surface area contributed by atoms with Crippen LogP contribution in [0.15, 0.2) is 11.6 Å². The van der Waals surface area contributed by atoms with Gasteiger partial charge in [0.2, 0.25) is 5.91 Å². The van der Waals surface area contributed by atoms with E-state index >= 15 is 0 Å². The van der Waals surface area contributed by atoms with Gasteiger partial charge in [0.05, 0.1) is 0 Å². The van der Waals surface area contributed by atoms with E-state index in [1.165, 1.54) is 44.1 Å². The van der Waals surface area contributed by atoms with Gasteiger partial charge in [0.1, 0.15) is 0 Å². The molecule has 2 rings (SSSR count). The number of amides is 1. The first kappa shape index (κ1) is 13.6. The van der Waals surface area contributed by atoms with Crippen LogP contribution in [0.5, 0.6) is 0 Å². The second-order valence-electron chi connectivity index (χ2n) is 5.54. The maximum absolute atomic E-state index is 11.7. The molecule has 0 aromatic heterocycles. The summed E-state index contributed by atoms with van der Waals surface area (Å²) >= 11 is 0. The third-order valence-electron chi connectivity index (χ3n) is 4.04. The Labute approximate surface area is 110 Å². The molecule has 18 heavy (non-hydrogen) atoms. The molecule has 1 amide bonds. The molecule has 3 nitrogen and oxygen atoms in total. The van der Waals surface area contributed by atoms with Gasteiger partial charge in [-0.3, -0.25) is 4.79 Å². The quantitative estimate of drug-likeness (QED) is 0.711. The van der Waals surface area contributed by atoms with Crippen molar-refractivity contribution in [1.29, 1.82) is 0 Å². The van der Waals surface area contributed by atoms with E-state index in [1.807, 2.05) is 0 Å². The highest BCUT2D eigenvalue weighted by molar-refractivity contribution is 5.75. The van der Waals surface area contributed by atoms with Crippen molar-refractivity contribution < 1.29 is 4.79 Å². The van der Waals surface area contributed by atoms with Gasteiger partial charge in [-0.05, 0) is 51.5 Å². The largest absolute Gasteiger partial charge is 0.356 e. The van der Waals surface area contributed by atoms with Gasteiger partial charge in [-0.15, -0.1) is 0 Å². The minimum absolute atomic E-state index is 0.223. The Morgan fingerprint density at radius 1 is 1.39 bits per heavy atom. The summed E-state index contributed by atoms with van der Waals surface area (Å²) in [5, 5.41) is 6.53. The maximum atomic E-state index is 11.7. The minimum atomic E-state index is 0.223. The molecule has 1 heterocycles. The molecule has 3 heteroatoms. The molecule has 1 saturated heterocycles. The number of hydrogen-bond acceptors (Lipinski definition) is 2. The second kappa shape index (κ2) is 7.57. The number of allylic oxidation sites excluding steroid dienone is 1. The summed E-state index contributed by atoms with van der Waals surface area (Å²) in [6.07, 6.45) is 12.7. The molecule has 1 aliphatic heterocycles. The second-order valence-corrected chi connectivity index (χ2v) is 5.54. The van der Waals surface area contributed by atoms with E-state index in [-0.39, 0.29) is 5.91 Å². The molecular weight excluding hydrogens is 224 g/mol. The third kappa shape index (κ3) is 4.81. The fourth-order valence-electron chi connectivity index (χ4n) is 2.89. The minimum Gasteiger partial charge on any atom is -0.356 e. The van der Waals surface area contributed by atoms with Gasteiger partial charge in [-0.2, -0.15) is 0 Å². The van der Waals surface area contributed by atoms with Gasteiger partial charge in [0.15, 0.2) is 0 Å². The van der Waals surface area contributed by atoms with E-state index < -0.39 is 0 Å². The zero-order valence-corrected chi connectivity index (χ0v) is 11.3. The van der Waals surface area contributed by atoms with E-state index in [9.17, 15) is 4.79 Å². The Morgan fingerprint density at radius 2 is 2.33 bits per heavy atom. The predicted molar refractivity (Wildman–Crippen MR) is 74.4 cm³/mol. The molecule has 0 saturated carbocycles. The van der Waals surface area contributed by atoms with Gasteiger partial charge in [-0.1, -0.05) is 18.1 Å². The molecule has 0 bridgehead atoms. The van der Waals surface area contributed by atoms with Gasteiger partial charge in [0.25, 0.3) is 0 Å². The van der Waals surface area contributed by atoms with Crippen molar-refractivity contribution in [2.45, 2.75) is 63.8 Å². The molecule has 1 aliphatic carbocycles. The molecule has 2 aliphatic rings. The summed E-state index contributed by atoms with van der Waals surface area (Å²) in [5.74, 6) is 0.223. The molecule has 102 valence electrons. The first-order chi connectivity index (χ1) is 8.84. The molecule has 0 spiro atoms. The summed E-state index contributed by atoms with van der Waals surface area (Å²) in [6, 6.07) is 0.571. The van der Waals surface area contributed by atoms with Crippen LogP contribution in [-0.4, -0.2) is 25.0 Å². The van der Waals surface area contributed by atoms with Crippen LogP contribution in [0.4, 0.5) is 0 Å². The summed E-state index contributed by atoms with van der Waals surface area (Å²) in [6.45, 7) is 1.95. The zero-order valence-electron chi connectivity index (χ0n) is 11.3. The molecule has 0 aromatic carbocycles. The summed E-state index contributed by atoms with van der Waals surface area (Å²) in [4.78, 5) is 11.7. The topological polar surface area (TPSA) is 41.1 Å².